The van der Waals surface area contributed by atoms with Crippen LogP contribution in [0.25, 0.3) is 0 Å². The first-order valence-corrected chi connectivity index (χ1v) is 4.73. The van der Waals surface area contributed by atoms with Crippen LogP contribution < -0.4 is 5.73 Å². The fourth-order valence-electron chi connectivity index (χ4n) is 1.60. The Bertz CT molecular complexity index is 184. The number of likely N-dealkylation sites (tertiary alicyclic amines) is 1. The van der Waals surface area contributed by atoms with Gasteiger partial charge in [-0.05, 0) is 25.3 Å². The Morgan fingerprint density at radius 2 is 2.46 bits per heavy atom. The molecule has 1 rings (SSSR count). The van der Waals surface area contributed by atoms with Crippen molar-refractivity contribution in [2.24, 2.45) is 11.7 Å². The molecule has 76 valence electrons. The van der Waals surface area contributed by atoms with Crippen LogP contribution in [0.15, 0.2) is 0 Å². The van der Waals surface area contributed by atoms with E-state index in [0.717, 1.165) is 19.4 Å². The number of carbonyl (C=O) groups is 1. The number of hydrogen-bond donors (Lipinski definition) is 1. The summed E-state index contributed by atoms with van der Waals surface area (Å²) in [5.74, 6) is 0.484. The molecule has 0 aromatic carbocycles. The number of rotatable bonds is 3. The van der Waals surface area contributed by atoms with Gasteiger partial charge in [-0.1, -0.05) is 6.92 Å². The number of ether oxygens (including phenoxy) is 1. The molecule has 4 heteroatoms. The molecule has 1 saturated heterocycles. The zero-order valence-corrected chi connectivity index (χ0v) is 8.32. The van der Waals surface area contributed by atoms with E-state index in [0.29, 0.717) is 18.5 Å². The van der Waals surface area contributed by atoms with Crippen LogP contribution >= 0.6 is 0 Å². The van der Waals surface area contributed by atoms with Gasteiger partial charge in [0.2, 0.25) is 0 Å². The molecular formula is C9H18N2O2. The maximum absolute atomic E-state index is 11.1. The van der Waals surface area contributed by atoms with Crippen molar-refractivity contribution in [3.8, 4) is 0 Å². The maximum Gasteiger partial charge on any atom is 0.409 e. The van der Waals surface area contributed by atoms with Crippen LogP contribution in [0.1, 0.15) is 19.8 Å². The summed E-state index contributed by atoms with van der Waals surface area (Å²) in [4.78, 5) is 12.9. The molecule has 0 bridgehead atoms. The molecule has 4 nitrogen and oxygen atoms in total. The van der Waals surface area contributed by atoms with Gasteiger partial charge in [0.25, 0.3) is 0 Å². The van der Waals surface area contributed by atoms with Crippen molar-refractivity contribution >= 4 is 6.09 Å². The number of methoxy groups -OCH3 is 1. The zero-order chi connectivity index (χ0) is 9.84. The molecule has 2 N–H and O–H groups in total. The Balaban J connectivity index is 2.32. The van der Waals surface area contributed by atoms with E-state index in [1.807, 2.05) is 0 Å². The lowest BCUT2D eigenvalue weighted by Crippen LogP contribution is -2.51. The number of nitrogens with two attached hydrogens (primary N) is 1. The molecule has 0 radical (unpaired) electrons. The molecule has 1 fully saturated rings. The minimum atomic E-state index is -0.208. The van der Waals surface area contributed by atoms with Gasteiger partial charge in [0.15, 0.2) is 0 Å². The average molecular weight is 186 g/mol. The van der Waals surface area contributed by atoms with Crippen LogP contribution in [-0.2, 0) is 4.74 Å². The summed E-state index contributed by atoms with van der Waals surface area (Å²) in [5.41, 5.74) is 5.52. The van der Waals surface area contributed by atoms with E-state index in [4.69, 9.17) is 5.73 Å². The topological polar surface area (TPSA) is 55.6 Å². The van der Waals surface area contributed by atoms with E-state index in [9.17, 15) is 4.79 Å². The highest BCUT2D eigenvalue weighted by atomic mass is 16.5. The van der Waals surface area contributed by atoms with Crippen molar-refractivity contribution in [1.82, 2.24) is 4.90 Å². The first kappa shape index (κ1) is 10.3. The van der Waals surface area contributed by atoms with Crippen molar-refractivity contribution < 1.29 is 9.53 Å². The van der Waals surface area contributed by atoms with E-state index in [1.165, 1.54) is 7.11 Å². The normalized spacial score (nSPS) is 23.6. The highest BCUT2D eigenvalue weighted by molar-refractivity contribution is 5.68. The van der Waals surface area contributed by atoms with Crippen molar-refractivity contribution in [1.29, 1.82) is 0 Å². The lowest BCUT2D eigenvalue weighted by Gasteiger charge is -2.40. The van der Waals surface area contributed by atoms with Crippen molar-refractivity contribution in [2.75, 3.05) is 20.2 Å². The van der Waals surface area contributed by atoms with Crippen LogP contribution in [0.2, 0.25) is 0 Å². The largest absolute Gasteiger partial charge is 0.453 e. The third-order valence-electron chi connectivity index (χ3n) is 2.63. The van der Waals surface area contributed by atoms with E-state index in [1.54, 1.807) is 4.90 Å². The molecule has 1 aliphatic rings. The molecule has 0 aliphatic carbocycles. The second-order valence-corrected chi connectivity index (χ2v) is 3.68. The Morgan fingerprint density at radius 1 is 1.77 bits per heavy atom. The molecule has 0 aromatic heterocycles. The molecule has 0 spiro atoms. The molecule has 2 unspecified atom stereocenters. The lowest BCUT2D eigenvalue weighted by atomic mass is 9.93. The molecule has 1 amide bonds. The Morgan fingerprint density at radius 3 is 2.85 bits per heavy atom. The van der Waals surface area contributed by atoms with E-state index >= 15 is 0 Å². The number of nitrogens with zero attached hydrogens (tertiary/aromatic N) is 1. The fourth-order valence-corrected chi connectivity index (χ4v) is 1.60. The minimum Gasteiger partial charge on any atom is -0.453 e. The number of carbonyl (C=O) groups excluding carboxylic acids is 1. The van der Waals surface area contributed by atoms with Crippen LogP contribution in [-0.4, -0.2) is 37.2 Å². The predicted octanol–water partition coefficient (Wildman–Crippen LogP) is 0.812. The second-order valence-electron chi connectivity index (χ2n) is 3.68. The van der Waals surface area contributed by atoms with Crippen LogP contribution in [0.5, 0.6) is 0 Å². The number of hydrogen-bond acceptors (Lipinski definition) is 3. The third-order valence-corrected chi connectivity index (χ3v) is 2.63. The van der Waals surface area contributed by atoms with Gasteiger partial charge in [-0.15, -0.1) is 0 Å². The van der Waals surface area contributed by atoms with E-state index < -0.39 is 0 Å². The first-order chi connectivity index (χ1) is 6.19. The highest BCUT2D eigenvalue weighted by Crippen LogP contribution is 2.24. The molecular weight excluding hydrogens is 168 g/mol. The van der Waals surface area contributed by atoms with Crippen LogP contribution in [0.4, 0.5) is 4.79 Å². The van der Waals surface area contributed by atoms with E-state index in [-0.39, 0.29) is 6.09 Å². The van der Waals surface area contributed by atoms with Crippen LogP contribution in [0.3, 0.4) is 0 Å². The third kappa shape index (κ3) is 2.34. The lowest BCUT2D eigenvalue weighted by molar-refractivity contribution is 0.0526. The Kier molecular flexibility index (Phi) is 3.54. The summed E-state index contributed by atoms with van der Waals surface area (Å²) in [7, 11) is 1.42. The summed E-state index contributed by atoms with van der Waals surface area (Å²) >= 11 is 0. The summed E-state index contributed by atoms with van der Waals surface area (Å²) in [6, 6.07) is 0.353. The number of amides is 1. The molecule has 0 saturated carbocycles. The van der Waals surface area contributed by atoms with Gasteiger partial charge in [-0.3, -0.25) is 0 Å². The van der Waals surface area contributed by atoms with Crippen molar-refractivity contribution in [3.05, 3.63) is 0 Å². The smallest absolute Gasteiger partial charge is 0.409 e. The van der Waals surface area contributed by atoms with Gasteiger partial charge in [0, 0.05) is 12.6 Å². The van der Waals surface area contributed by atoms with Gasteiger partial charge < -0.3 is 15.4 Å². The zero-order valence-electron chi connectivity index (χ0n) is 8.32. The Hall–Kier alpha value is -0.770. The summed E-state index contributed by atoms with van der Waals surface area (Å²) in [5, 5.41) is 0. The van der Waals surface area contributed by atoms with Gasteiger partial charge in [-0.2, -0.15) is 0 Å². The predicted molar refractivity (Wildman–Crippen MR) is 50.4 cm³/mol. The quantitative estimate of drug-likeness (QED) is 0.709. The first-order valence-electron chi connectivity index (χ1n) is 4.73. The molecule has 2 atom stereocenters. The average Bonchev–Trinajstić information content (AvgIpc) is 2.11. The standard InChI is InChI=1S/C9H18N2O2/c1-7(6-10)5-8-3-4-11(8)9(12)13-2/h7-8H,3-6,10H2,1-2H3. The van der Waals surface area contributed by atoms with Gasteiger partial charge in [0.1, 0.15) is 0 Å². The summed E-state index contributed by atoms with van der Waals surface area (Å²) in [6.07, 6.45) is 1.87. The van der Waals surface area contributed by atoms with E-state index in [2.05, 4.69) is 11.7 Å². The van der Waals surface area contributed by atoms with Crippen molar-refractivity contribution in [3.63, 3.8) is 0 Å². The molecule has 0 aromatic rings. The van der Waals surface area contributed by atoms with Gasteiger partial charge in [0.05, 0.1) is 7.11 Å². The SMILES string of the molecule is COC(=O)N1CCC1CC(C)CN. The monoisotopic (exact) mass is 186 g/mol. The summed E-state index contributed by atoms with van der Waals surface area (Å²) < 4.78 is 4.66. The van der Waals surface area contributed by atoms with Gasteiger partial charge >= 0.3 is 6.09 Å². The molecule has 1 heterocycles. The summed E-state index contributed by atoms with van der Waals surface area (Å²) in [6.45, 7) is 3.62. The van der Waals surface area contributed by atoms with Gasteiger partial charge in [-0.25, -0.2) is 4.79 Å². The maximum atomic E-state index is 11.1. The fraction of sp³-hybridized carbons (Fsp3) is 0.889. The van der Waals surface area contributed by atoms with Crippen molar-refractivity contribution in [2.45, 2.75) is 25.8 Å². The Labute approximate surface area is 79.0 Å². The molecule has 1 aliphatic heterocycles. The minimum absolute atomic E-state index is 0.208. The molecule has 13 heavy (non-hydrogen) atoms. The van der Waals surface area contributed by atoms with Crippen LogP contribution in [0, 0.1) is 5.92 Å². The highest BCUT2D eigenvalue weighted by Gasteiger charge is 2.33. The second kappa shape index (κ2) is 4.46.